The third kappa shape index (κ3) is 6.73. The van der Waals surface area contributed by atoms with Gasteiger partial charge in [-0.05, 0) is 55.5 Å². The zero-order valence-corrected chi connectivity index (χ0v) is 18.4. The highest BCUT2D eigenvalue weighted by molar-refractivity contribution is 5.94. The van der Waals surface area contributed by atoms with Gasteiger partial charge in [0.2, 0.25) is 0 Å². The highest BCUT2D eigenvalue weighted by Crippen LogP contribution is 2.22. The number of ether oxygens (including phenoxy) is 1. The van der Waals surface area contributed by atoms with Crippen LogP contribution in [0.1, 0.15) is 63.4 Å². The molecule has 0 unspecified atom stereocenters. The van der Waals surface area contributed by atoms with E-state index in [0.29, 0.717) is 12.6 Å². The molecular weight excluding hydrogens is 384 g/mol. The van der Waals surface area contributed by atoms with E-state index >= 15 is 0 Å². The maximum atomic E-state index is 6.38. The van der Waals surface area contributed by atoms with E-state index in [2.05, 4.69) is 34.9 Å². The van der Waals surface area contributed by atoms with Crippen molar-refractivity contribution in [2.75, 3.05) is 5.32 Å². The Hall–Kier alpha value is -2.53. The molecule has 0 saturated heterocycles. The van der Waals surface area contributed by atoms with E-state index < -0.39 is 0 Å². The van der Waals surface area contributed by atoms with Crippen LogP contribution in [0.15, 0.2) is 59.6 Å². The minimum absolute atomic E-state index is 0.160. The lowest BCUT2D eigenvalue weighted by Crippen LogP contribution is -2.43. The number of nitrogens with zero attached hydrogens (tertiary/aromatic N) is 1. The Morgan fingerprint density at radius 1 is 0.871 bits per heavy atom. The monoisotopic (exact) mass is 420 g/mol. The number of benzene rings is 2. The smallest absolute Gasteiger partial charge is 0.196 e. The molecule has 2 saturated carbocycles. The van der Waals surface area contributed by atoms with Crippen molar-refractivity contribution in [3.8, 4) is 5.75 Å². The molecule has 0 radical (unpaired) electrons. The molecule has 0 aromatic heterocycles. The first-order chi connectivity index (χ1) is 15.3. The number of nitrogens with one attached hydrogen (secondary N) is 2. The first-order valence-corrected chi connectivity index (χ1v) is 11.9. The fraction of sp³-hybridized carbons (Fsp3) is 0.500. The summed E-state index contributed by atoms with van der Waals surface area (Å²) in [4.78, 5) is 5.04. The number of rotatable bonds is 6. The fourth-order valence-electron chi connectivity index (χ4n) is 4.52. The number of guanidine groups is 1. The second-order valence-electron chi connectivity index (χ2n) is 8.90. The van der Waals surface area contributed by atoms with Gasteiger partial charge in [-0.1, -0.05) is 62.4 Å². The van der Waals surface area contributed by atoms with Gasteiger partial charge in [0.05, 0.1) is 6.04 Å². The van der Waals surface area contributed by atoms with E-state index in [1.807, 2.05) is 30.3 Å². The molecule has 0 spiro atoms. The molecule has 2 atom stereocenters. The summed E-state index contributed by atoms with van der Waals surface area (Å²) in [5.74, 6) is 1.73. The highest BCUT2D eigenvalue weighted by atomic mass is 16.5. The molecule has 2 aliphatic carbocycles. The third-order valence-corrected chi connectivity index (χ3v) is 6.39. The van der Waals surface area contributed by atoms with Crippen molar-refractivity contribution in [1.29, 1.82) is 0 Å². The van der Waals surface area contributed by atoms with Crippen molar-refractivity contribution in [3.63, 3.8) is 0 Å². The van der Waals surface area contributed by atoms with E-state index in [-0.39, 0.29) is 12.1 Å². The van der Waals surface area contributed by atoms with Crippen LogP contribution in [0.4, 0.5) is 5.69 Å². The minimum atomic E-state index is 0.160. The number of nitrogens with two attached hydrogens (primary N) is 1. The number of anilines is 1. The molecule has 31 heavy (non-hydrogen) atoms. The van der Waals surface area contributed by atoms with Crippen molar-refractivity contribution < 1.29 is 4.74 Å². The molecule has 0 aliphatic heterocycles. The Labute approximate surface area is 186 Å². The summed E-state index contributed by atoms with van der Waals surface area (Å²) in [5.41, 5.74) is 8.55. The summed E-state index contributed by atoms with van der Waals surface area (Å²) in [6.07, 6.45) is 10.9. The normalized spacial score (nSPS) is 22.7. The molecule has 5 nitrogen and oxygen atoms in total. The molecule has 4 rings (SSSR count). The SMILES string of the molecule is N[C@H]1CCCC[C@@H]1N=C(Nc1ccc(OCc2ccccc2)cc1)NC1CCCCC1. The zero-order valence-electron chi connectivity index (χ0n) is 18.4. The van der Waals surface area contributed by atoms with E-state index in [4.69, 9.17) is 15.5 Å². The minimum Gasteiger partial charge on any atom is -0.489 e. The van der Waals surface area contributed by atoms with Gasteiger partial charge in [-0.25, -0.2) is 4.99 Å². The van der Waals surface area contributed by atoms with E-state index in [1.54, 1.807) is 0 Å². The first-order valence-electron chi connectivity index (χ1n) is 11.9. The molecular formula is C26H36N4O. The fourth-order valence-corrected chi connectivity index (χ4v) is 4.52. The van der Waals surface area contributed by atoms with Crippen LogP contribution in [0.2, 0.25) is 0 Å². The highest BCUT2D eigenvalue weighted by Gasteiger charge is 2.23. The van der Waals surface area contributed by atoms with Crippen molar-refractivity contribution >= 4 is 11.6 Å². The van der Waals surface area contributed by atoms with Gasteiger partial charge in [0, 0.05) is 17.8 Å². The maximum Gasteiger partial charge on any atom is 0.196 e. The average Bonchev–Trinajstić information content (AvgIpc) is 2.81. The Bertz CT molecular complexity index is 815. The number of aliphatic imine (C=N–C) groups is 1. The Kier molecular flexibility index (Phi) is 7.83. The Morgan fingerprint density at radius 2 is 1.58 bits per heavy atom. The lowest BCUT2D eigenvalue weighted by molar-refractivity contribution is 0.306. The van der Waals surface area contributed by atoms with Crippen LogP contribution in [0, 0.1) is 0 Å². The van der Waals surface area contributed by atoms with Crippen molar-refractivity contribution in [3.05, 3.63) is 60.2 Å². The first kappa shape index (κ1) is 21.7. The predicted molar refractivity (Wildman–Crippen MR) is 129 cm³/mol. The molecule has 5 heteroatoms. The van der Waals surface area contributed by atoms with Crippen LogP contribution in [0.25, 0.3) is 0 Å². The van der Waals surface area contributed by atoms with Crippen LogP contribution in [0.5, 0.6) is 5.75 Å². The summed E-state index contributed by atoms with van der Waals surface area (Å²) in [5, 5.41) is 7.21. The standard InChI is InChI=1S/C26H36N4O/c27-24-13-7-8-14-25(24)30-26(28-21-11-5-2-6-12-21)29-22-15-17-23(18-16-22)31-19-20-9-3-1-4-10-20/h1,3-4,9-10,15-18,21,24-25H,2,5-8,11-14,19,27H2,(H2,28,29,30)/t24-,25-/m0/s1. The predicted octanol–water partition coefficient (Wildman–Crippen LogP) is 5.23. The molecule has 166 valence electrons. The largest absolute Gasteiger partial charge is 0.489 e. The summed E-state index contributed by atoms with van der Waals surface area (Å²) in [7, 11) is 0. The zero-order chi connectivity index (χ0) is 21.3. The maximum absolute atomic E-state index is 6.38. The van der Waals surface area contributed by atoms with Crippen LogP contribution in [0.3, 0.4) is 0 Å². The lowest BCUT2D eigenvalue weighted by Gasteiger charge is -2.29. The van der Waals surface area contributed by atoms with Crippen molar-refractivity contribution in [2.45, 2.75) is 82.5 Å². The van der Waals surface area contributed by atoms with Gasteiger partial charge in [-0.15, -0.1) is 0 Å². The van der Waals surface area contributed by atoms with Crippen molar-refractivity contribution in [1.82, 2.24) is 5.32 Å². The number of hydrogen-bond acceptors (Lipinski definition) is 3. The summed E-state index contributed by atoms with van der Waals surface area (Å²) in [6, 6.07) is 19.2. The van der Waals surface area contributed by atoms with E-state index in [0.717, 1.165) is 30.2 Å². The average molecular weight is 421 g/mol. The quantitative estimate of drug-likeness (QED) is 0.442. The second kappa shape index (κ2) is 11.2. The summed E-state index contributed by atoms with van der Waals surface area (Å²) < 4.78 is 5.92. The topological polar surface area (TPSA) is 71.7 Å². The van der Waals surface area contributed by atoms with Gasteiger partial charge in [-0.2, -0.15) is 0 Å². The molecule has 0 heterocycles. The van der Waals surface area contributed by atoms with Crippen LogP contribution < -0.4 is 21.1 Å². The van der Waals surface area contributed by atoms with Crippen molar-refractivity contribution in [2.24, 2.45) is 10.7 Å². The molecule has 2 aromatic carbocycles. The van der Waals surface area contributed by atoms with Crippen LogP contribution in [-0.2, 0) is 6.61 Å². The number of hydrogen-bond donors (Lipinski definition) is 3. The third-order valence-electron chi connectivity index (χ3n) is 6.39. The molecule has 0 amide bonds. The van der Waals surface area contributed by atoms with Gasteiger partial charge in [0.15, 0.2) is 5.96 Å². The van der Waals surface area contributed by atoms with E-state index in [1.165, 1.54) is 50.5 Å². The Morgan fingerprint density at radius 3 is 2.32 bits per heavy atom. The van der Waals surface area contributed by atoms with Gasteiger partial charge < -0.3 is 21.1 Å². The van der Waals surface area contributed by atoms with Crippen LogP contribution >= 0.6 is 0 Å². The van der Waals surface area contributed by atoms with Gasteiger partial charge >= 0.3 is 0 Å². The van der Waals surface area contributed by atoms with Crippen LogP contribution in [-0.4, -0.2) is 24.1 Å². The molecule has 2 aromatic rings. The molecule has 0 bridgehead atoms. The van der Waals surface area contributed by atoms with Gasteiger partial charge in [0.25, 0.3) is 0 Å². The lowest BCUT2D eigenvalue weighted by atomic mass is 9.91. The van der Waals surface area contributed by atoms with E-state index in [9.17, 15) is 0 Å². The van der Waals surface area contributed by atoms with Gasteiger partial charge in [0.1, 0.15) is 12.4 Å². The summed E-state index contributed by atoms with van der Waals surface area (Å²) in [6.45, 7) is 0.573. The molecule has 4 N–H and O–H groups in total. The molecule has 2 fully saturated rings. The summed E-state index contributed by atoms with van der Waals surface area (Å²) >= 11 is 0. The Balaban J connectivity index is 1.40. The van der Waals surface area contributed by atoms with Gasteiger partial charge in [-0.3, -0.25) is 0 Å². The second-order valence-corrected chi connectivity index (χ2v) is 8.90. The molecule has 2 aliphatic rings.